The Kier molecular flexibility index (Phi) is 8.42. The molecule has 4 atom stereocenters. The summed E-state index contributed by atoms with van der Waals surface area (Å²) in [6, 6.07) is 0. The van der Waals surface area contributed by atoms with Crippen molar-refractivity contribution < 1.29 is 14.3 Å². The van der Waals surface area contributed by atoms with Crippen LogP contribution in [0.1, 0.15) is 54.9 Å². The van der Waals surface area contributed by atoms with Gasteiger partial charge in [0.1, 0.15) is 5.78 Å². The molecule has 0 heterocycles. The molecule has 0 aromatic carbocycles. The lowest BCUT2D eigenvalue weighted by Gasteiger charge is -2.37. The molecule has 23 heavy (non-hydrogen) atoms. The van der Waals surface area contributed by atoms with Crippen LogP contribution in [0.15, 0.2) is 12.2 Å². The van der Waals surface area contributed by atoms with E-state index in [1.807, 2.05) is 27.7 Å². The topological polar surface area (TPSA) is 46.5 Å². The summed E-state index contributed by atoms with van der Waals surface area (Å²) in [6.45, 7) is 22.9. The van der Waals surface area contributed by atoms with Crippen molar-refractivity contribution in [1.29, 1.82) is 0 Å². The molecule has 0 saturated heterocycles. The van der Waals surface area contributed by atoms with Crippen molar-refractivity contribution in [3.63, 3.8) is 0 Å². The molecule has 0 saturated carbocycles. The second-order valence-corrected chi connectivity index (χ2v) is 13.6. The highest BCUT2D eigenvalue weighted by molar-refractivity contribution is 6.74. The van der Waals surface area contributed by atoms with E-state index in [0.717, 1.165) is 12.0 Å². The summed E-state index contributed by atoms with van der Waals surface area (Å²) >= 11 is 0. The van der Waals surface area contributed by atoms with Gasteiger partial charge in [0.05, 0.1) is 6.10 Å². The number of Topliss-reactive ketones (excluding diaryl/α,β-unsaturated/α-hetero) is 1. The van der Waals surface area contributed by atoms with Crippen LogP contribution >= 0.6 is 0 Å². The monoisotopic (exact) mass is 342 g/mol. The number of hydrogen-bond acceptors (Lipinski definition) is 3. The molecule has 0 bridgehead atoms. The molecule has 0 aliphatic heterocycles. The zero-order chi connectivity index (χ0) is 18.6. The fourth-order valence-electron chi connectivity index (χ4n) is 2.41. The van der Waals surface area contributed by atoms with Gasteiger partial charge >= 0.3 is 0 Å². The van der Waals surface area contributed by atoms with Gasteiger partial charge in [-0.05, 0) is 37.4 Å². The average Bonchev–Trinajstić information content (AvgIpc) is 2.40. The second-order valence-electron chi connectivity index (χ2n) is 8.79. The Labute approximate surface area is 144 Å². The molecule has 1 N–H and O–H groups in total. The Morgan fingerprint density at radius 1 is 1.22 bits per heavy atom. The van der Waals surface area contributed by atoms with Gasteiger partial charge in [-0.25, -0.2) is 0 Å². The molecule has 0 radical (unpaired) electrons. The van der Waals surface area contributed by atoms with E-state index in [-0.39, 0.29) is 28.6 Å². The predicted octanol–water partition coefficient (Wildman–Crippen LogP) is 4.81. The van der Waals surface area contributed by atoms with Gasteiger partial charge in [-0.1, -0.05) is 47.1 Å². The highest BCUT2D eigenvalue weighted by Gasteiger charge is 2.38. The number of rotatable bonds is 9. The van der Waals surface area contributed by atoms with Crippen molar-refractivity contribution in [3.05, 3.63) is 12.2 Å². The van der Waals surface area contributed by atoms with Gasteiger partial charge in [-0.15, -0.1) is 6.58 Å². The molecule has 0 fully saturated rings. The van der Waals surface area contributed by atoms with Crippen molar-refractivity contribution in [3.8, 4) is 0 Å². The highest BCUT2D eigenvalue weighted by atomic mass is 28.4. The van der Waals surface area contributed by atoms with E-state index < -0.39 is 14.4 Å². The van der Waals surface area contributed by atoms with Crippen LogP contribution in [0.3, 0.4) is 0 Å². The smallest absolute Gasteiger partial charge is 0.192 e. The van der Waals surface area contributed by atoms with Crippen LogP contribution in [-0.2, 0) is 9.22 Å². The quantitative estimate of drug-likeness (QED) is 0.483. The van der Waals surface area contributed by atoms with Gasteiger partial charge in [0, 0.05) is 18.4 Å². The first-order valence-electron chi connectivity index (χ1n) is 8.70. The highest BCUT2D eigenvalue weighted by Crippen LogP contribution is 2.37. The Bertz CT molecular complexity index is 409. The van der Waals surface area contributed by atoms with E-state index in [1.165, 1.54) is 0 Å². The minimum absolute atomic E-state index is 0.0416. The summed E-state index contributed by atoms with van der Waals surface area (Å²) in [5, 5.41) is 10.6. The van der Waals surface area contributed by atoms with Crippen LogP contribution in [-0.4, -0.2) is 31.9 Å². The van der Waals surface area contributed by atoms with E-state index in [4.69, 9.17) is 4.43 Å². The molecule has 0 aromatic heterocycles. The van der Waals surface area contributed by atoms with Crippen LogP contribution in [0, 0.1) is 17.8 Å². The molecule has 0 spiro atoms. The maximum Gasteiger partial charge on any atom is 0.192 e. The van der Waals surface area contributed by atoms with Crippen molar-refractivity contribution in [1.82, 2.24) is 0 Å². The zero-order valence-electron chi connectivity index (χ0n) is 16.7. The second kappa shape index (κ2) is 8.59. The summed E-state index contributed by atoms with van der Waals surface area (Å²) < 4.78 is 6.15. The fraction of sp³-hybridized carbons (Fsp3) is 0.842. The third kappa shape index (κ3) is 6.90. The largest absolute Gasteiger partial charge is 0.416 e. The van der Waals surface area contributed by atoms with Crippen molar-refractivity contribution in [2.24, 2.45) is 17.8 Å². The number of allylic oxidation sites excluding steroid dienone is 1. The zero-order valence-corrected chi connectivity index (χ0v) is 17.7. The Hall–Kier alpha value is -0.453. The Balaban J connectivity index is 4.68. The average molecular weight is 343 g/mol. The SMILES string of the molecule is C=C(C)C[C@H](C)[C@@H](O)[C@H](C)C(=O)[C@H](C)CO[Si](C)(C)C(C)(C)C. The van der Waals surface area contributed by atoms with E-state index in [2.05, 4.69) is 40.4 Å². The number of hydrogen-bond donors (Lipinski definition) is 1. The van der Waals surface area contributed by atoms with E-state index >= 15 is 0 Å². The third-order valence-electron chi connectivity index (χ3n) is 5.20. The molecule has 0 aliphatic carbocycles. The summed E-state index contributed by atoms with van der Waals surface area (Å²) in [6.07, 6.45) is 0.114. The summed E-state index contributed by atoms with van der Waals surface area (Å²) in [5.41, 5.74) is 1.03. The summed E-state index contributed by atoms with van der Waals surface area (Å²) in [5.74, 6) is -0.432. The molecule has 3 nitrogen and oxygen atoms in total. The molecule has 0 unspecified atom stereocenters. The first-order valence-corrected chi connectivity index (χ1v) is 11.6. The number of carbonyl (C=O) groups is 1. The van der Waals surface area contributed by atoms with Crippen molar-refractivity contribution in [2.45, 2.75) is 79.1 Å². The molecule has 0 aliphatic rings. The van der Waals surface area contributed by atoms with Crippen LogP contribution in [0.2, 0.25) is 18.1 Å². The van der Waals surface area contributed by atoms with Crippen molar-refractivity contribution in [2.75, 3.05) is 6.61 Å². The van der Waals surface area contributed by atoms with Crippen LogP contribution in [0.25, 0.3) is 0 Å². The minimum Gasteiger partial charge on any atom is -0.416 e. The summed E-state index contributed by atoms with van der Waals surface area (Å²) in [7, 11) is -1.85. The lowest BCUT2D eigenvalue weighted by atomic mass is 9.83. The Morgan fingerprint density at radius 3 is 2.09 bits per heavy atom. The van der Waals surface area contributed by atoms with Crippen molar-refractivity contribution >= 4 is 14.1 Å². The predicted molar refractivity (Wildman–Crippen MR) is 101 cm³/mol. The number of aliphatic hydroxyl groups is 1. The first-order chi connectivity index (χ1) is 10.2. The fourth-order valence-corrected chi connectivity index (χ4v) is 3.51. The lowest BCUT2D eigenvalue weighted by Crippen LogP contribution is -2.43. The first kappa shape index (κ1) is 22.5. The molecule has 4 heteroatoms. The van der Waals surface area contributed by atoms with Crippen LogP contribution in [0.4, 0.5) is 0 Å². The maximum absolute atomic E-state index is 12.6. The third-order valence-corrected chi connectivity index (χ3v) is 9.70. The molecular weight excluding hydrogens is 304 g/mol. The minimum atomic E-state index is -1.85. The molecular formula is C19H38O3Si. The van der Waals surface area contributed by atoms with E-state index in [9.17, 15) is 9.90 Å². The van der Waals surface area contributed by atoms with E-state index in [1.54, 1.807) is 0 Å². The van der Waals surface area contributed by atoms with Crippen LogP contribution in [0.5, 0.6) is 0 Å². The van der Waals surface area contributed by atoms with Gasteiger partial charge in [0.2, 0.25) is 0 Å². The normalized spacial score (nSPS) is 18.2. The summed E-state index contributed by atoms with van der Waals surface area (Å²) in [4.78, 5) is 12.6. The number of carbonyl (C=O) groups excluding carboxylic acids is 1. The molecule has 0 rings (SSSR count). The van der Waals surface area contributed by atoms with Crippen LogP contribution < -0.4 is 0 Å². The Morgan fingerprint density at radius 2 is 1.70 bits per heavy atom. The number of aliphatic hydroxyl groups excluding tert-OH is 1. The van der Waals surface area contributed by atoms with Gasteiger partial charge in [-0.3, -0.25) is 4.79 Å². The molecule has 136 valence electrons. The standard InChI is InChI=1S/C19H38O3Si/c1-13(2)11-14(3)17(20)16(5)18(21)15(4)12-22-23(9,10)19(6,7)8/h14-17,20H,1,11-12H2,2-10H3/t14-,15+,16-,17+/m0/s1. The van der Waals surface area contributed by atoms with Gasteiger partial charge < -0.3 is 9.53 Å². The molecule has 0 amide bonds. The van der Waals surface area contributed by atoms with Gasteiger partial charge in [0.25, 0.3) is 0 Å². The molecule has 0 aromatic rings. The van der Waals surface area contributed by atoms with Gasteiger partial charge in [0.15, 0.2) is 8.32 Å². The lowest BCUT2D eigenvalue weighted by molar-refractivity contribution is -0.131. The van der Waals surface area contributed by atoms with E-state index in [0.29, 0.717) is 6.61 Å². The number of ketones is 1. The van der Waals surface area contributed by atoms with Gasteiger partial charge in [-0.2, -0.15) is 0 Å². The maximum atomic E-state index is 12.6.